The molecule has 6 N–H and O–H groups in total. The minimum atomic E-state index is -1.32. The first-order valence-electron chi connectivity index (χ1n) is 6.32. The molecule has 9 heteroatoms. The lowest BCUT2D eigenvalue weighted by Crippen LogP contribution is -3.00. The third-order valence-corrected chi connectivity index (χ3v) is 2.83. The van der Waals surface area contributed by atoms with Crippen LogP contribution in [0, 0.1) is 16.3 Å². The van der Waals surface area contributed by atoms with Gasteiger partial charge in [0.05, 0.1) is 6.07 Å². The number of rotatable bonds is 7. The number of carbonyl (C=O) groups is 1. The predicted octanol–water partition coefficient (Wildman–Crippen LogP) is -0.595. The van der Waals surface area contributed by atoms with Crippen molar-refractivity contribution >= 4 is 23.0 Å². The third-order valence-electron chi connectivity index (χ3n) is 2.83. The van der Waals surface area contributed by atoms with E-state index in [9.17, 15) is 15.2 Å². The van der Waals surface area contributed by atoms with Crippen molar-refractivity contribution in [1.82, 2.24) is 0 Å². The maximum absolute atomic E-state index is 11.2. The van der Waals surface area contributed by atoms with Gasteiger partial charge in [0.1, 0.15) is 11.7 Å². The zero-order valence-electron chi connectivity index (χ0n) is 11.7. The number of nitrogens with one attached hydrogen (secondary N) is 3. The number of aliphatic carboxylic acids is 1. The van der Waals surface area contributed by atoms with Gasteiger partial charge < -0.3 is 20.8 Å². The summed E-state index contributed by atoms with van der Waals surface area (Å²) in [6, 6.07) is 2.55. The highest BCUT2D eigenvalue weighted by Crippen LogP contribution is 2.23. The van der Waals surface area contributed by atoms with Gasteiger partial charge in [-0.25, -0.2) is 15.2 Å². The summed E-state index contributed by atoms with van der Waals surface area (Å²) in [5, 5.41) is 49.3. The molecule has 0 bridgehead atoms. The molecule has 1 aromatic rings. The van der Waals surface area contributed by atoms with E-state index >= 15 is 0 Å². The van der Waals surface area contributed by atoms with E-state index in [0.717, 1.165) is 6.07 Å². The van der Waals surface area contributed by atoms with Gasteiger partial charge in [0.25, 0.3) is 0 Å². The second-order valence-corrected chi connectivity index (χ2v) is 5.04. The molecule has 0 heterocycles. The highest BCUT2D eigenvalue weighted by Gasteiger charge is 2.22. The number of quaternary nitrogens is 2. The minimum absolute atomic E-state index is 0.0838. The molecule has 118 valence electrons. The molecule has 0 amide bonds. The van der Waals surface area contributed by atoms with Gasteiger partial charge in [0.15, 0.2) is 11.4 Å². The molecular formula is C12H19N3O6. The SMILES string of the molecule is CC(C)CC(Nc1ccc([NH+]([O-])O)cc1[NH+]([O-])O)C(=O)O. The van der Waals surface area contributed by atoms with Crippen molar-refractivity contribution in [2.24, 2.45) is 5.92 Å². The molecule has 9 nitrogen and oxygen atoms in total. The van der Waals surface area contributed by atoms with Gasteiger partial charge in [-0.1, -0.05) is 13.8 Å². The Morgan fingerprint density at radius 2 is 1.90 bits per heavy atom. The first kappa shape index (κ1) is 17.3. The van der Waals surface area contributed by atoms with Crippen molar-refractivity contribution in [2.45, 2.75) is 26.3 Å². The molecule has 0 fully saturated rings. The average molecular weight is 301 g/mol. The van der Waals surface area contributed by atoms with Gasteiger partial charge in [0, 0.05) is 6.07 Å². The molecule has 21 heavy (non-hydrogen) atoms. The Kier molecular flexibility index (Phi) is 6.03. The molecule has 0 spiro atoms. The summed E-state index contributed by atoms with van der Waals surface area (Å²) in [5.41, 5.74) is -0.362. The van der Waals surface area contributed by atoms with E-state index in [0.29, 0.717) is 6.42 Å². The topological polar surface area (TPSA) is 145 Å². The number of carboxylic acid groups (broad SMARTS) is 1. The van der Waals surface area contributed by atoms with Gasteiger partial charge in [-0.05, 0) is 18.4 Å². The summed E-state index contributed by atoms with van der Waals surface area (Å²) in [5.74, 6) is -0.993. The van der Waals surface area contributed by atoms with Crippen LogP contribution in [0.5, 0.6) is 0 Å². The molecular weight excluding hydrogens is 282 g/mol. The van der Waals surface area contributed by atoms with Crippen molar-refractivity contribution in [2.75, 3.05) is 5.32 Å². The highest BCUT2D eigenvalue weighted by molar-refractivity contribution is 5.79. The molecule has 0 aliphatic carbocycles. The van der Waals surface area contributed by atoms with Gasteiger partial charge in [-0.15, -0.1) is 0 Å². The van der Waals surface area contributed by atoms with Crippen LogP contribution in [0.4, 0.5) is 17.1 Å². The molecule has 0 aliphatic rings. The van der Waals surface area contributed by atoms with Crippen LogP contribution in [0.15, 0.2) is 18.2 Å². The molecule has 0 aromatic heterocycles. The van der Waals surface area contributed by atoms with Crippen molar-refractivity contribution < 1.29 is 30.8 Å². The Bertz CT molecular complexity index is 492. The number of hydrogen-bond donors (Lipinski definition) is 6. The zero-order chi connectivity index (χ0) is 16.2. The first-order valence-corrected chi connectivity index (χ1v) is 6.32. The van der Waals surface area contributed by atoms with Crippen LogP contribution in [0.2, 0.25) is 0 Å². The largest absolute Gasteiger partial charge is 0.595 e. The summed E-state index contributed by atoms with van der Waals surface area (Å²) in [6.07, 6.45) is 0.315. The number of hydrogen-bond acceptors (Lipinski definition) is 6. The number of anilines is 1. The van der Waals surface area contributed by atoms with Gasteiger partial charge in [-0.3, -0.25) is 0 Å². The fourth-order valence-electron chi connectivity index (χ4n) is 1.86. The Balaban J connectivity index is 3.08. The predicted molar refractivity (Wildman–Crippen MR) is 72.5 cm³/mol. The molecule has 3 unspecified atom stereocenters. The monoisotopic (exact) mass is 301 g/mol. The summed E-state index contributed by atoms with van der Waals surface area (Å²) >= 11 is 0. The molecule has 0 saturated heterocycles. The third kappa shape index (κ3) is 4.93. The molecule has 0 radical (unpaired) electrons. The molecule has 0 saturated carbocycles. The quantitative estimate of drug-likeness (QED) is 0.369. The van der Waals surface area contributed by atoms with E-state index in [2.05, 4.69) is 5.32 Å². The van der Waals surface area contributed by atoms with Crippen molar-refractivity contribution in [3.63, 3.8) is 0 Å². The smallest absolute Gasteiger partial charge is 0.326 e. The van der Waals surface area contributed by atoms with E-state index in [4.69, 9.17) is 15.5 Å². The van der Waals surface area contributed by atoms with Crippen LogP contribution in [0.25, 0.3) is 0 Å². The van der Waals surface area contributed by atoms with E-state index in [1.807, 2.05) is 13.8 Å². The Morgan fingerprint density at radius 1 is 1.29 bits per heavy atom. The van der Waals surface area contributed by atoms with Crippen LogP contribution in [0.3, 0.4) is 0 Å². The number of carboxylic acids is 1. The van der Waals surface area contributed by atoms with Crippen LogP contribution >= 0.6 is 0 Å². The summed E-state index contributed by atoms with van der Waals surface area (Å²) < 4.78 is 0. The zero-order valence-corrected chi connectivity index (χ0v) is 11.7. The first-order chi connectivity index (χ1) is 9.72. The lowest BCUT2D eigenvalue weighted by molar-refractivity contribution is -0.996. The van der Waals surface area contributed by atoms with Crippen LogP contribution < -0.4 is 15.8 Å². The summed E-state index contributed by atoms with van der Waals surface area (Å²) in [4.78, 5) is 11.2. The lowest BCUT2D eigenvalue weighted by atomic mass is 10.0. The molecule has 1 aromatic carbocycles. The van der Waals surface area contributed by atoms with Crippen LogP contribution in [-0.4, -0.2) is 27.5 Å². The lowest BCUT2D eigenvalue weighted by Gasteiger charge is -2.22. The molecule has 0 aliphatic heterocycles. The standard InChI is InChI=1S/C12H19N3O6/c1-7(2)5-10(12(16)17)13-9-4-3-8(14(18)19)6-11(9)15(20)21/h3-4,6-7,10,13-15,18,20H,5H2,1-2H3,(H,16,17). The maximum Gasteiger partial charge on any atom is 0.326 e. The normalized spacial score (nSPS) is 15.6. The average Bonchev–Trinajstić information content (AvgIpc) is 2.37. The summed E-state index contributed by atoms with van der Waals surface area (Å²) in [6.45, 7) is 3.70. The highest BCUT2D eigenvalue weighted by atomic mass is 16.8. The van der Waals surface area contributed by atoms with Gasteiger partial charge in [0.2, 0.25) is 0 Å². The van der Waals surface area contributed by atoms with Crippen molar-refractivity contribution in [1.29, 1.82) is 0 Å². The van der Waals surface area contributed by atoms with Crippen molar-refractivity contribution in [3.8, 4) is 0 Å². The molecule has 1 rings (SSSR count). The van der Waals surface area contributed by atoms with E-state index < -0.39 is 22.5 Å². The minimum Gasteiger partial charge on any atom is -0.595 e. The summed E-state index contributed by atoms with van der Waals surface area (Å²) in [7, 11) is 0. The van der Waals surface area contributed by atoms with E-state index in [1.54, 1.807) is 0 Å². The second-order valence-electron chi connectivity index (χ2n) is 5.04. The second kappa shape index (κ2) is 7.31. The Labute approximate surface area is 121 Å². The van der Waals surface area contributed by atoms with E-state index in [-0.39, 0.29) is 23.0 Å². The maximum atomic E-state index is 11.2. The Morgan fingerprint density at radius 3 is 2.33 bits per heavy atom. The van der Waals surface area contributed by atoms with Crippen LogP contribution in [0.1, 0.15) is 20.3 Å². The Hall–Kier alpha value is -1.75. The molecule has 3 atom stereocenters. The fraction of sp³-hybridized carbons (Fsp3) is 0.417. The van der Waals surface area contributed by atoms with Gasteiger partial charge >= 0.3 is 5.97 Å². The van der Waals surface area contributed by atoms with Gasteiger partial charge in [-0.2, -0.15) is 10.5 Å². The number of benzene rings is 1. The van der Waals surface area contributed by atoms with E-state index in [1.165, 1.54) is 12.1 Å². The van der Waals surface area contributed by atoms with Crippen molar-refractivity contribution in [3.05, 3.63) is 28.6 Å². The fourth-order valence-corrected chi connectivity index (χ4v) is 1.86. The van der Waals surface area contributed by atoms with Crippen LogP contribution in [-0.2, 0) is 4.79 Å².